The summed E-state index contributed by atoms with van der Waals surface area (Å²) in [7, 11) is 0. The van der Waals surface area contributed by atoms with Crippen LogP contribution in [0.15, 0.2) is 35.7 Å². The fourth-order valence-corrected chi connectivity index (χ4v) is 5.64. The molecule has 1 saturated carbocycles. The first-order chi connectivity index (χ1) is 16.0. The number of benzene rings is 1. The van der Waals surface area contributed by atoms with Gasteiger partial charge in [0.25, 0.3) is 5.91 Å². The van der Waals surface area contributed by atoms with Crippen LogP contribution in [-0.4, -0.2) is 32.6 Å². The van der Waals surface area contributed by atoms with Gasteiger partial charge >= 0.3 is 5.97 Å². The lowest BCUT2D eigenvalue weighted by atomic mass is 9.85. The zero-order valence-corrected chi connectivity index (χ0v) is 20.2. The number of imidazole rings is 1. The average molecular weight is 468 g/mol. The highest BCUT2D eigenvalue weighted by molar-refractivity contribution is 7.09. The Hall–Kier alpha value is -2.67. The minimum Gasteiger partial charge on any atom is -0.480 e. The van der Waals surface area contributed by atoms with Gasteiger partial charge in [0.2, 0.25) is 0 Å². The van der Waals surface area contributed by atoms with E-state index in [4.69, 9.17) is 4.98 Å². The number of rotatable bonds is 9. The maximum atomic E-state index is 12.9. The van der Waals surface area contributed by atoms with Crippen molar-refractivity contribution < 1.29 is 14.7 Å². The Labute approximate surface area is 199 Å². The van der Waals surface area contributed by atoms with Crippen molar-refractivity contribution in [3.63, 3.8) is 0 Å². The summed E-state index contributed by atoms with van der Waals surface area (Å²) < 4.78 is 2.40. The van der Waals surface area contributed by atoms with Crippen LogP contribution >= 0.6 is 11.3 Å². The van der Waals surface area contributed by atoms with Crippen molar-refractivity contribution in [2.24, 2.45) is 5.92 Å². The van der Waals surface area contributed by atoms with Gasteiger partial charge in [-0.2, -0.15) is 0 Å². The number of carbonyl (C=O) groups excluding carboxylic acids is 1. The lowest BCUT2D eigenvalue weighted by Gasteiger charge is -2.31. The number of fused-ring (bicyclic) bond motifs is 1. The number of thiophene rings is 1. The van der Waals surface area contributed by atoms with E-state index >= 15 is 0 Å². The van der Waals surface area contributed by atoms with E-state index in [0.717, 1.165) is 42.5 Å². The second-order valence-electron chi connectivity index (χ2n) is 9.19. The molecule has 6 nitrogen and oxygen atoms in total. The van der Waals surface area contributed by atoms with Crippen LogP contribution in [0.1, 0.15) is 85.9 Å². The number of hydrogen-bond donors (Lipinski definition) is 2. The summed E-state index contributed by atoms with van der Waals surface area (Å²) in [6, 6.07) is 9.34. The fourth-order valence-electron chi connectivity index (χ4n) is 4.94. The van der Waals surface area contributed by atoms with Crippen molar-refractivity contribution in [1.82, 2.24) is 14.9 Å². The third kappa shape index (κ3) is 5.29. The summed E-state index contributed by atoms with van der Waals surface area (Å²) in [5, 5.41) is 14.2. The molecule has 33 heavy (non-hydrogen) atoms. The Morgan fingerprint density at radius 3 is 2.79 bits per heavy atom. The van der Waals surface area contributed by atoms with Gasteiger partial charge < -0.3 is 15.0 Å². The minimum absolute atomic E-state index is 0.360. The standard InChI is InChI=1S/C26H33N3O3S/c1-3-4-10-20(26(31)32)28-25(30)18-12-13-23-21(15-18)27-24(16-19-9-7-14-33-19)29(23)22-11-6-5-8-17(22)2/h7,9,12-15,17,20,22H,3-6,8,10-11,16H2,1-2H3,(H,28,30)(H,31,32)/t17?,20-,22?/m0/s1. The summed E-state index contributed by atoms with van der Waals surface area (Å²) in [5.74, 6) is 0.263. The van der Waals surface area contributed by atoms with E-state index in [1.54, 1.807) is 17.4 Å². The van der Waals surface area contributed by atoms with E-state index in [2.05, 4.69) is 34.3 Å². The van der Waals surface area contributed by atoms with Gasteiger partial charge in [0.05, 0.1) is 11.0 Å². The lowest BCUT2D eigenvalue weighted by Crippen LogP contribution is -2.40. The topological polar surface area (TPSA) is 84.2 Å². The van der Waals surface area contributed by atoms with Gasteiger partial charge in [0.15, 0.2) is 0 Å². The van der Waals surface area contributed by atoms with E-state index in [0.29, 0.717) is 23.9 Å². The average Bonchev–Trinajstić information content (AvgIpc) is 3.44. The molecular formula is C26H33N3O3S. The number of nitrogens with zero attached hydrogens (tertiary/aromatic N) is 2. The van der Waals surface area contributed by atoms with Crippen LogP contribution in [0.4, 0.5) is 0 Å². The molecule has 2 N–H and O–H groups in total. The molecule has 0 bridgehead atoms. The molecule has 4 rings (SSSR count). The third-order valence-corrected chi connectivity index (χ3v) is 7.66. The van der Waals surface area contributed by atoms with Crippen molar-refractivity contribution >= 4 is 34.2 Å². The molecule has 176 valence electrons. The van der Waals surface area contributed by atoms with E-state index in [1.165, 1.54) is 24.1 Å². The molecule has 1 aliphatic carbocycles. The van der Waals surface area contributed by atoms with Crippen LogP contribution in [0.2, 0.25) is 0 Å². The van der Waals surface area contributed by atoms with Crippen LogP contribution in [0.3, 0.4) is 0 Å². The highest BCUT2D eigenvalue weighted by Gasteiger charge is 2.27. The molecule has 2 heterocycles. The normalized spacial score (nSPS) is 19.5. The van der Waals surface area contributed by atoms with E-state index in [-0.39, 0.29) is 5.91 Å². The Bertz CT molecular complexity index is 1110. The van der Waals surface area contributed by atoms with Crippen molar-refractivity contribution in [2.45, 2.75) is 77.3 Å². The van der Waals surface area contributed by atoms with E-state index in [1.807, 2.05) is 19.1 Å². The second-order valence-corrected chi connectivity index (χ2v) is 10.2. The van der Waals surface area contributed by atoms with Crippen molar-refractivity contribution in [3.8, 4) is 0 Å². The maximum Gasteiger partial charge on any atom is 0.326 e. The SMILES string of the molecule is CCCC[C@H](NC(=O)c1ccc2c(c1)nc(Cc1cccs1)n2C1CCCCC1C)C(=O)O. The van der Waals surface area contributed by atoms with Crippen LogP contribution < -0.4 is 5.32 Å². The Balaban J connectivity index is 1.67. The number of unbranched alkanes of at least 4 members (excludes halogenated alkanes) is 1. The van der Waals surface area contributed by atoms with Gasteiger partial charge in [0.1, 0.15) is 11.9 Å². The van der Waals surface area contributed by atoms with Crippen molar-refractivity contribution in [1.29, 1.82) is 0 Å². The first-order valence-electron chi connectivity index (χ1n) is 12.0. The predicted octanol–water partition coefficient (Wildman–Crippen LogP) is 5.81. The van der Waals surface area contributed by atoms with E-state index < -0.39 is 12.0 Å². The molecule has 1 fully saturated rings. The van der Waals surface area contributed by atoms with E-state index in [9.17, 15) is 14.7 Å². The number of aromatic nitrogens is 2. The fraction of sp³-hybridized carbons (Fsp3) is 0.500. The third-order valence-electron chi connectivity index (χ3n) is 6.78. The first kappa shape index (κ1) is 23.5. The van der Waals surface area contributed by atoms with Gasteiger partial charge in [-0.1, -0.05) is 45.6 Å². The number of carboxylic acids is 1. The van der Waals surface area contributed by atoms with Crippen LogP contribution in [-0.2, 0) is 11.2 Å². The largest absolute Gasteiger partial charge is 0.480 e. The number of nitrogens with one attached hydrogen (secondary N) is 1. The molecule has 7 heteroatoms. The summed E-state index contributed by atoms with van der Waals surface area (Å²) in [6.07, 6.45) is 7.71. The Morgan fingerprint density at radius 1 is 1.27 bits per heavy atom. The number of aliphatic carboxylic acids is 1. The summed E-state index contributed by atoms with van der Waals surface area (Å²) in [5.41, 5.74) is 2.30. The summed E-state index contributed by atoms with van der Waals surface area (Å²) in [4.78, 5) is 30.7. The zero-order chi connectivity index (χ0) is 23.4. The summed E-state index contributed by atoms with van der Waals surface area (Å²) >= 11 is 1.73. The van der Waals surface area contributed by atoms with Crippen LogP contribution in [0.5, 0.6) is 0 Å². The quantitative estimate of drug-likeness (QED) is 0.416. The van der Waals surface area contributed by atoms with Gasteiger partial charge in [-0.05, 0) is 54.8 Å². The molecule has 0 radical (unpaired) electrons. The molecule has 2 aromatic heterocycles. The molecule has 1 aromatic carbocycles. The minimum atomic E-state index is -0.994. The van der Waals surface area contributed by atoms with Crippen LogP contribution in [0, 0.1) is 5.92 Å². The monoisotopic (exact) mass is 467 g/mol. The molecule has 0 spiro atoms. The lowest BCUT2D eigenvalue weighted by molar-refractivity contribution is -0.139. The molecule has 0 saturated heterocycles. The second kappa shape index (κ2) is 10.5. The molecule has 1 aliphatic rings. The number of carbonyl (C=O) groups is 2. The number of carboxylic acid groups (broad SMARTS) is 1. The molecule has 0 aliphatic heterocycles. The molecule has 3 aromatic rings. The molecule has 3 atom stereocenters. The maximum absolute atomic E-state index is 12.9. The predicted molar refractivity (Wildman–Crippen MR) is 132 cm³/mol. The zero-order valence-electron chi connectivity index (χ0n) is 19.4. The number of hydrogen-bond acceptors (Lipinski definition) is 4. The number of amides is 1. The highest BCUT2D eigenvalue weighted by Crippen LogP contribution is 2.37. The van der Waals surface area contributed by atoms with Gasteiger partial charge in [-0.3, -0.25) is 4.79 Å². The molecule has 1 amide bonds. The van der Waals surface area contributed by atoms with Crippen LogP contribution in [0.25, 0.3) is 11.0 Å². The molecule has 2 unspecified atom stereocenters. The van der Waals surface area contributed by atoms with Gasteiger partial charge in [-0.15, -0.1) is 11.3 Å². The van der Waals surface area contributed by atoms with Gasteiger partial charge in [-0.25, -0.2) is 9.78 Å². The smallest absolute Gasteiger partial charge is 0.326 e. The van der Waals surface area contributed by atoms with Crippen molar-refractivity contribution in [3.05, 3.63) is 52.0 Å². The van der Waals surface area contributed by atoms with Crippen molar-refractivity contribution in [2.75, 3.05) is 0 Å². The Kier molecular flexibility index (Phi) is 7.48. The van der Waals surface area contributed by atoms with Gasteiger partial charge in [0, 0.05) is 22.9 Å². The first-order valence-corrected chi connectivity index (χ1v) is 12.9. The summed E-state index contributed by atoms with van der Waals surface area (Å²) in [6.45, 7) is 4.33. The highest BCUT2D eigenvalue weighted by atomic mass is 32.1. The molecular weight excluding hydrogens is 434 g/mol. The Morgan fingerprint density at radius 2 is 2.09 bits per heavy atom.